The number of nitrogens with zero attached hydrogens (tertiary/aromatic N) is 4. The number of hydrogen-bond donors (Lipinski definition) is 4. The van der Waals surface area contributed by atoms with E-state index in [0.717, 1.165) is 18.2 Å². The average molecular weight is 481 g/mol. The predicted octanol–water partition coefficient (Wildman–Crippen LogP) is 2.24. The van der Waals surface area contributed by atoms with E-state index >= 15 is 0 Å². The zero-order valence-corrected chi connectivity index (χ0v) is 19.1. The van der Waals surface area contributed by atoms with Crippen molar-refractivity contribution in [1.29, 1.82) is 0 Å². The molecule has 0 amide bonds. The molecule has 3 heterocycles. The molecule has 4 rings (SSSR count). The Morgan fingerprint density at radius 2 is 2.12 bits per heavy atom. The normalized spacial score (nSPS) is 23.9. The van der Waals surface area contributed by atoms with Gasteiger partial charge in [0.05, 0.1) is 24.3 Å². The van der Waals surface area contributed by atoms with E-state index in [9.17, 15) is 9.46 Å². The molecular formula is C20H28N5O7P. The Morgan fingerprint density at radius 1 is 1.33 bits per heavy atom. The summed E-state index contributed by atoms with van der Waals surface area (Å²) in [5, 5.41) is 26.3. The van der Waals surface area contributed by atoms with Crippen molar-refractivity contribution >= 4 is 24.4 Å². The number of aromatic nitrogens is 4. The summed E-state index contributed by atoms with van der Waals surface area (Å²) in [5.74, 6) is 5.11. The van der Waals surface area contributed by atoms with Gasteiger partial charge in [-0.15, -0.1) is 4.67 Å². The monoisotopic (exact) mass is 481 g/mol. The van der Waals surface area contributed by atoms with Crippen LogP contribution in [0.1, 0.15) is 57.5 Å². The molecule has 1 aliphatic heterocycles. The third-order valence-corrected chi connectivity index (χ3v) is 7.19. The van der Waals surface area contributed by atoms with Crippen LogP contribution in [0.4, 0.5) is 5.82 Å². The Morgan fingerprint density at radius 3 is 2.85 bits per heavy atom. The standard InChI is InChI=1S/C20H28N5O7P/c1-13(33(28,29)32-27)30-12-15-8-9-18(31-15)25-20-16(11-21-25)19(22-14-5-2-3-6-14)23-17(24-20)7-4-10-26/h11,13-15,18,26-27H,2-3,5-6,8-10,12H2,1H3,(H,28,29)(H,22,23,24). The lowest BCUT2D eigenvalue weighted by atomic mass is 10.2. The van der Waals surface area contributed by atoms with E-state index in [2.05, 4.69) is 36.9 Å². The van der Waals surface area contributed by atoms with Crippen molar-refractivity contribution in [2.45, 2.75) is 69.7 Å². The summed E-state index contributed by atoms with van der Waals surface area (Å²) < 4.78 is 28.3. The number of aliphatic hydroxyl groups is 1. The molecule has 4 N–H and O–H groups in total. The van der Waals surface area contributed by atoms with Crippen molar-refractivity contribution in [3.8, 4) is 11.8 Å². The van der Waals surface area contributed by atoms with Gasteiger partial charge >= 0.3 is 7.60 Å². The molecule has 2 aromatic rings. The minimum atomic E-state index is -4.25. The lowest BCUT2D eigenvalue weighted by Gasteiger charge is -2.19. The molecule has 4 unspecified atom stereocenters. The van der Waals surface area contributed by atoms with Crippen LogP contribution in [0.15, 0.2) is 6.20 Å². The first kappa shape index (κ1) is 24.0. The first-order valence-electron chi connectivity index (χ1n) is 11.0. The molecule has 1 saturated carbocycles. The van der Waals surface area contributed by atoms with Gasteiger partial charge in [-0.25, -0.2) is 19.9 Å². The summed E-state index contributed by atoms with van der Waals surface area (Å²) in [6.45, 7) is 1.11. The quantitative estimate of drug-likeness (QED) is 0.189. The maximum Gasteiger partial charge on any atom is 0.382 e. The number of anilines is 1. The van der Waals surface area contributed by atoms with Gasteiger partial charge in [0, 0.05) is 6.04 Å². The van der Waals surface area contributed by atoms with Crippen molar-refractivity contribution < 1.29 is 34.0 Å². The highest BCUT2D eigenvalue weighted by atomic mass is 31.2. The number of ether oxygens (including phenoxy) is 2. The third kappa shape index (κ3) is 5.53. The van der Waals surface area contributed by atoms with E-state index < -0.39 is 19.7 Å². The Labute approximate surface area is 190 Å². The van der Waals surface area contributed by atoms with Crippen LogP contribution < -0.4 is 5.32 Å². The summed E-state index contributed by atoms with van der Waals surface area (Å²) in [6.07, 6.45) is 6.75. The number of aliphatic hydroxyl groups excluding tert-OH is 1. The fraction of sp³-hybridized carbons (Fsp3) is 0.650. The minimum absolute atomic E-state index is 0.0570. The van der Waals surface area contributed by atoms with Gasteiger partial charge in [0.2, 0.25) is 5.82 Å². The Bertz CT molecular complexity index is 1080. The van der Waals surface area contributed by atoms with E-state index in [1.165, 1.54) is 19.8 Å². The summed E-state index contributed by atoms with van der Waals surface area (Å²) >= 11 is 0. The van der Waals surface area contributed by atoms with Gasteiger partial charge in [-0.05, 0) is 38.5 Å². The lowest BCUT2D eigenvalue weighted by Crippen LogP contribution is -2.21. The van der Waals surface area contributed by atoms with Gasteiger partial charge in [-0.1, -0.05) is 18.8 Å². The smallest absolute Gasteiger partial charge is 0.382 e. The van der Waals surface area contributed by atoms with Crippen LogP contribution in [0.25, 0.3) is 11.0 Å². The van der Waals surface area contributed by atoms with Crippen molar-refractivity contribution in [3.05, 3.63) is 12.0 Å². The molecule has 0 bridgehead atoms. The fourth-order valence-corrected chi connectivity index (χ4v) is 4.49. The molecule has 2 aliphatic rings. The Balaban J connectivity index is 1.52. The fourth-order valence-electron chi connectivity index (χ4n) is 4.08. The molecule has 4 atom stereocenters. The summed E-state index contributed by atoms with van der Waals surface area (Å²) in [5.41, 5.74) is 0.571. The zero-order chi connectivity index (χ0) is 23.4. The summed E-state index contributed by atoms with van der Waals surface area (Å²) in [4.78, 5) is 18.5. The van der Waals surface area contributed by atoms with Crippen LogP contribution in [-0.2, 0) is 18.7 Å². The number of rotatable bonds is 8. The van der Waals surface area contributed by atoms with Crippen LogP contribution in [0.2, 0.25) is 0 Å². The molecule has 2 aromatic heterocycles. The highest BCUT2D eigenvalue weighted by Crippen LogP contribution is 2.47. The second-order valence-corrected chi connectivity index (χ2v) is 10.2. The zero-order valence-electron chi connectivity index (χ0n) is 18.3. The van der Waals surface area contributed by atoms with Crippen LogP contribution >= 0.6 is 7.60 Å². The lowest BCUT2D eigenvalue weighted by molar-refractivity contribution is -0.154. The summed E-state index contributed by atoms with van der Waals surface area (Å²) in [7, 11) is -4.25. The average Bonchev–Trinajstić information content (AvgIpc) is 3.56. The first-order chi connectivity index (χ1) is 15.9. The van der Waals surface area contributed by atoms with Gasteiger partial charge in [-0.2, -0.15) is 5.10 Å². The predicted molar refractivity (Wildman–Crippen MR) is 117 cm³/mol. The molecule has 0 aromatic carbocycles. The maximum absolute atomic E-state index is 11.6. The van der Waals surface area contributed by atoms with E-state index in [1.54, 1.807) is 10.9 Å². The Hall–Kier alpha value is -2.10. The van der Waals surface area contributed by atoms with Gasteiger partial charge in [0.25, 0.3) is 0 Å². The molecule has 33 heavy (non-hydrogen) atoms. The molecule has 1 saturated heterocycles. The van der Waals surface area contributed by atoms with Crippen molar-refractivity contribution in [2.75, 3.05) is 18.5 Å². The first-order valence-corrected chi connectivity index (χ1v) is 12.6. The number of hydrogen-bond acceptors (Lipinski definition) is 10. The van der Waals surface area contributed by atoms with E-state index in [4.69, 9.17) is 19.8 Å². The molecule has 0 spiro atoms. The molecule has 180 valence electrons. The van der Waals surface area contributed by atoms with Crippen LogP contribution in [0.3, 0.4) is 0 Å². The van der Waals surface area contributed by atoms with E-state index in [0.29, 0.717) is 30.3 Å². The molecular weight excluding hydrogens is 453 g/mol. The molecule has 13 heteroatoms. The number of fused-ring (bicyclic) bond motifs is 1. The number of nitrogens with one attached hydrogen (secondary N) is 1. The van der Waals surface area contributed by atoms with Crippen LogP contribution in [0.5, 0.6) is 0 Å². The van der Waals surface area contributed by atoms with Gasteiger partial charge in [-0.3, -0.25) is 4.57 Å². The largest absolute Gasteiger partial charge is 0.384 e. The van der Waals surface area contributed by atoms with Gasteiger partial charge < -0.3 is 24.8 Å². The molecule has 12 nitrogen and oxygen atoms in total. The topological polar surface area (TPSA) is 161 Å². The van der Waals surface area contributed by atoms with Crippen LogP contribution in [-0.4, -0.2) is 66.2 Å². The van der Waals surface area contributed by atoms with Crippen molar-refractivity contribution in [3.63, 3.8) is 0 Å². The van der Waals surface area contributed by atoms with E-state index in [-0.39, 0.29) is 25.1 Å². The summed E-state index contributed by atoms with van der Waals surface area (Å²) in [6, 6.07) is 0.335. The minimum Gasteiger partial charge on any atom is -0.384 e. The van der Waals surface area contributed by atoms with Gasteiger partial charge in [0.1, 0.15) is 12.4 Å². The SMILES string of the molecule is CC(OCC1CCC(n2ncc3c(NC4CCCC4)nc(C#CCO)nc32)O1)P(=O)(O)OO. The molecule has 2 fully saturated rings. The second-order valence-electron chi connectivity index (χ2n) is 8.18. The highest BCUT2D eigenvalue weighted by molar-refractivity contribution is 7.53. The van der Waals surface area contributed by atoms with Crippen molar-refractivity contribution in [1.82, 2.24) is 19.7 Å². The Kier molecular flexibility index (Phi) is 7.61. The highest BCUT2D eigenvalue weighted by Gasteiger charge is 2.34. The van der Waals surface area contributed by atoms with Crippen molar-refractivity contribution in [2.24, 2.45) is 0 Å². The molecule has 0 radical (unpaired) electrons. The second kappa shape index (κ2) is 10.4. The maximum atomic E-state index is 11.6. The van der Waals surface area contributed by atoms with Crippen LogP contribution in [0, 0.1) is 11.8 Å². The molecule has 1 aliphatic carbocycles. The third-order valence-electron chi connectivity index (χ3n) is 5.89. The van der Waals surface area contributed by atoms with Gasteiger partial charge in [0.15, 0.2) is 17.7 Å². The van der Waals surface area contributed by atoms with E-state index in [1.807, 2.05) is 0 Å².